The number of amides is 1. The molecule has 0 saturated carbocycles. The maximum absolute atomic E-state index is 11.3. The molecule has 0 aromatic heterocycles. The van der Waals surface area contributed by atoms with E-state index in [0.29, 0.717) is 17.2 Å². The van der Waals surface area contributed by atoms with Gasteiger partial charge in [0.15, 0.2) is 0 Å². The Kier molecular flexibility index (Phi) is 4.95. The van der Waals surface area contributed by atoms with Gasteiger partial charge in [0.2, 0.25) is 5.91 Å². The molecule has 0 atom stereocenters. The van der Waals surface area contributed by atoms with Crippen LogP contribution in [-0.4, -0.2) is 12.0 Å². The number of nitrogens with two attached hydrogens (primary N) is 1. The lowest BCUT2D eigenvalue weighted by atomic mass is 10.1. The van der Waals surface area contributed by atoms with Crippen LogP contribution in [0.3, 0.4) is 0 Å². The second-order valence-electron chi connectivity index (χ2n) is 4.92. The first-order chi connectivity index (χ1) is 8.38. The largest absolute Gasteiger partial charge is 0.491 e. The second kappa shape index (κ2) is 6.24. The third-order valence-electron chi connectivity index (χ3n) is 2.26. The number of rotatable bonds is 5. The zero-order chi connectivity index (χ0) is 13.7. The average Bonchev–Trinajstić information content (AvgIpc) is 2.25. The van der Waals surface area contributed by atoms with Gasteiger partial charge in [0.25, 0.3) is 0 Å². The Morgan fingerprint density at radius 3 is 2.39 bits per heavy atom. The highest BCUT2D eigenvalue weighted by Gasteiger charge is 2.06. The topological polar surface area (TPSA) is 52.3 Å². The summed E-state index contributed by atoms with van der Waals surface area (Å²) in [7, 11) is 0. The van der Waals surface area contributed by atoms with Gasteiger partial charge < -0.3 is 10.5 Å². The molecule has 3 nitrogen and oxygen atoms in total. The van der Waals surface area contributed by atoms with Crippen LogP contribution in [-0.2, 0) is 0 Å². The van der Waals surface area contributed by atoms with E-state index in [9.17, 15) is 4.79 Å². The maximum Gasteiger partial charge on any atom is 0.248 e. The molecule has 2 N–H and O–H groups in total. The molecule has 98 valence electrons. The number of allylic oxidation sites excluding steroid dienone is 1. The number of carbonyl (C=O) groups excluding carboxylic acids is 1. The van der Waals surface area contributed by atoms with Gasteiger partial charge in [0.1, 0.15) is 5.75 Å². The van der Waals surface area contributed by atoms with Crippen LogP contribution in [0.1, 0.15) is 43.6 Å². The summed E-state index contributed by atoms with van der Waals surface area (Å²) in [5.74, 6) is 0.685. The van der Waals surface area contributed by atoms with E-state index in [1.165, 1.54) is 0 Å². The van der Waals surface area contributed by atoms with Gasteiger partial charge in [-0.25, -0.2) is 0 Å². The molecule has 0 aliphatic carbocycles. The van der Waals surface area contributed by atoms with Crippen molar-refractivity contribution in [3.63, 3.8) is 0 Å². The van der Waals surface area contributed by atoms with E-state index in [4.69, 9.17) is 10.5 Å². The summed E-state index contributed by atoms with van der Waals surface area (Å²) in [5.41, 5.74) is 6.72. The zero-order valence-electron chi connectivity index (χ0n) is 11.4. The Labute approximate surface area is 109 Å². The summed E-state index contributed by atoms with van der Waals surface area (Å²) in [6, 6.07) is 5.36. The van der Waals surface area contributed by atoms with Gasteiger partial charge in [-0.05, 0) is 43.5 Å². The molecule has 0 bridgehead atoms. The van der Waals surface area contributed by atoms with Crippen LogP contribution < -0.4 is 10.5 Å². The molecule has 1 rings (SSSR count). The molecule has 1 aromatic rings. The molecular formula is C15H21NO2. The number of ether oxygens (including phenoxy) is 1. The molecule has 0 unspecified atom stereocenters. The zero-order valence-corrected chi connectivity index (χ0v) is 11.4. The van der Waals surface area contributed by atoms with Gasteiger partial charge >= 0.3 is 0 Å². The van der Waals surface area contributed by atoms with Crippen LogP contribution in [0, 0.1) is 5.92 Å². The number of benzene rings is 1. The van der Waals surface area contributed by atoms with Gasteiger partial charge in [0.05, 0.1) is 6.10 Å². The molecule has 0 radical (unpaired) electrons. The average molecular weight is 247 g/mol. The van der Waals surface area contributed by atoms with E-state index in [-0.39, 0.29) is 6.10 Å². The number of carbonyl (C=O) groups is 1. The highest BCUT2D eigenvalue weighted by Crippen LogP contribution is 2.20. The van der Waals surface area contributed by atoms with E-state index < -0.39 is 5.91 Å². The quantitative estimate of drug-likeness (QED) is 0.868. The second-order valence-corrected chi connectivity index (χ2v) is 4.92. The summed E-state index contributed by atoms with van der Waals surface area (Å²) in [4.78, 5) is 11.3. The minimum absolute atomic E-state index is 0.0649. The Balaban J connectivity index is 3.09. The van der Waals surface area contributed by atoms with E-state index in [1.807, 2.05) is 26.0 Å². The fraction of sp³-hybridized carbons (Fsp3) is 0.400. The Hall–Kier alpha value is -1.77. The normalized spacial score (nSPS) is 11.4. The van der Waals surface area contributed by atoms with E-state index >= 15 is 0 Å². The van der Waals surface area contributed by atoms with Gasteiger partial charge in [-0.2, -0.15) is 0 Å². The third kappa shape index (κ3) is 4.62. The molecule has 3 heteroatoms. The SMILES string of the molecule is CC(C)/C=C\c1cc(OC(C)C)cc(C(N)=O)c1. The number of hydrogen-bond donors (Lipinski definition) is 1. The van der Waals surface area contributed by atoms with Crippen LogP contribution in [0.5, 0.6) is 5.75 Å². The molecule has 0 aliphatic heterocycles. The van der Waals surface area contributed by atoms with Crippen LogP contribution in [0.2, 0.25) is 0 Å². The van der Waals surface area contributed by atoms with E-state index in [2.05, 4.69) is 19.9 Å². The van der Waals surface area contributed by atoms with Crippen LogP contribution >= 0.6 is 0 Å². The monoisotopic (exact) mass is 247 g/mol. The van der Waals surface area contributed by atoms with Gasteiger partial charge in [-0.15, -0.1) is 0 Å². The smallest absolute Gasteiger partial charge is 0.248 e. The first kappa shape index (κ1) is 14.3. The summed E-state index contributed by atoms with van der Waals surface area (Å²) < 4.78 is 5.61. The van der Waals surface area contributed by atoms with Crippen LogP contribution in [0.4, 0.5) is 0 Å². The van der Waals surface area contributed by atoms with Crippen LogP contribution in [0.25, 0.3) is 6.08 Å². The highest BCUT2D eigenvalue weighted by molar-refractivity contribution is 5.93. The van der Waals surface area contributed by atoms with Crippen molar-refractivity contribution in [2.45, 2.75) is 33.8 Å². The standard InChI is InChI=1S/C15H21NO2/c1-10(2)5-6-12-7-13(15(16)17)9-14(8-12)18-11(3)4/h5-11H,1-4H3,(H2,16,17)/b6-5-. The summed E-state index contributed by atoms with van der Waals surface area (Å²) in [5, 5.41) is 0. The van der Waals surface area contributed by atoms with Crippen molar-refractivity contribution in [3.8, 4) is 5.75 Å². The fourth-order valence-corrected chi connectivity index (χ4v) is 1.50. The Morgan fingerprint density at radius 1 is 1.22 bits per heavy atom. The van der Waals surface area contributed by atoms with Crippen molar-refractivity contribution in [1.82, 2.24) is 0 Å². The molecule has 18 heavy (non-hydrogen) atoms. The van der Waals surface area contributed by atoms with E-state index in [1.54, 1.807) is 12.1 Å². The van der Waals surface area contributed by atoms with Crippen molar-refractivity contribution in [2.75, 3.05) is 0 Å². The highest BCUT2D eigenvalue weighted by atomic mass is 16.5. The molecule has 0 spiro atoms. The van der Waals surface area contributed by atoms with Crippen LogP contribution in [0.15, 0.2) is 24.3 Å². The van der Waals surface area contributed by atoms with Crippen molar-refractivity contribution < 1.29 is 9.53 Å². The predicted octanol–water partition coefficient (Wildman–Crippen LogP) is 3.24. The van der Waals surface area contributed by atoms with Gasteiger partial charge in [-0.1, -0.05) is 26.0 Å². The van der Waals surface area contributed by atoms with Gasteiger partial charge in [-0.3, -0.25) is 4.79 Å². The van der Waals surface area contributed by atoms with E-state index in [0.717, 1.165) is 5.56 Å². The summed E-state index contributed by atoms with van der Waals surface area (Å²) in [6.07, 6.45) is 4.11. The number of hydrogen-bond acceptors (Lipinski definition) is 2. The molecule has 0 aliphatic rings. The third-order valence-corrected chi connectivity index (χ3v) is 2.26. The fourth-order valence-electron chi connectivity index (χ4n) is 1.50. The van der Waals surface area contributed by atoms with Crippen molar-refractivity contribution in [3.05, 3.63) is 35.4 Å². The molecule has 1 aromatic carbocycles. The minimum atomic E-state index is -0.441. The van der Waals surface area contributed by atoms with Crippen molar-refractivity contribution >= 4 is 12.0 Å². The Bertz CT molecular complexity index is 448. The summed E-state index contributed by atoms with van der Waals surface area (Å²) in [6.45, 7) is 8.08. The van der Waals surface area contributed by atoms with Crippen molar-refractivity contribution in [1.29, 1.82) is 0 Å². The minimum Gasteiger partial charge on any atom is -0.491 e. The molecule has 0 heterocycles. The molecular weight excluding hydrogens is 226 g/mol. The lowest BCUT2D eigenvalue weighted by Gasteiger charge is -2.11. The first-order valence-electron chi connectivity index (χ1n) is 6.18. The predicted molar refractivity (Wildman–Crippen MR) is 74.6 cm³/mol. The lowest BCUT2D eigenvalue weighted by Crippen LogP contribution is -2.12. The first-order valence-corrected chi connectivity index (χ1v) is 6.18. The molecule has 0 saturated heterocycles. The molecule has 1 amide bonds. The lowest BCUT2D eigenvalue weighted by molar-refractivity contribution is 0.0999. The maximum atomic E-state index is 11.3. The number of primary amides is 1. The summed E-state index contributed by atoms with van der Waals surface area (Å²) >= 11 is 0. The molecule has 0 fully saturated rings. The van der Waals surface area contributed by atoms with Crippen molar-refractivity contribution in [2.24, 2.45) is 11.7 Å². The van der Waals surface area contributed by atoms with Gasteiger partial charge in [0, 0.05) is 5.56 Å². The Morgan fingerprint density at radius 2 is 1.89 bits per heavy atom.